The summed E-state index contributed by atoms with van der Waals surface area (Å²) in [6.07, 6.45) is 2.31. The van der Waals surface area contributed by atoms with E-state index in [2.05, 4.69) is 0 Å². The molecule has 0 aromatic heterocycles. The summed E-state index contributed by atoms with van der Waals surface area (Å²) >= 11 is 0. The molecule has 2 aliphatic rings. The van der Waals surface area contributed by atoms with Crippen LogP contribution in [-0.2, 0) is 9.53 Å². The van der Waals surface area contributed by atoms with E-state index in [9.17, 15) is 9.59 Å². The molecule has 1 aliphatic heterocycles. The van der Waals surface area contributed by atoms with Gasteiger partial charge >= 0.3 is 5.97 Å². The van der Waals surface area contributed by atoms with Crippen LogP contribution >= 0.6 is 0 Å². The van der Waals surface area contributed by atoms with Gasteiger partial charge in [-0.15, -0.1) is 0 Å². The number of amides is 1. The van der Waals surface area contributed by atoms with Gasteiger partial charge in [-0.05, 0) is 50.1 Å². The summed E-state index contributed by atoms with van der Waals surface area (Å²) in [7, 11) is 1.73. The molecule has 1 amide bonds. The number of morpholine rings is 1. The minimum Gasteiger partial charge on any atom is -0.493 e. The maximum atomic E-state index is 12.7. The lowest BCUT2D eigenvalue weighted by atomic mass is 10.1. The Hall–Kier alpha value is -2.12. The Morgan fingerprint density at radius 2 is 2.04 bits per heavy atom. The van der Waals surface area contributed by atoms with Crippen LogP contribution in [0.5, 0.6) is 5.75 Å². The Morgan fingerprint density at radius 1 is 1.31 bits per heavy atom. The summed E-state index contributed by atoms with van der Waals surface area (Å²) in [6, 6.07) is 7.28. The van der Waals surface area contributed by atoms with Crippen LogP contribution in [-0.4, -0.2) is 79.3 Å². The lowest BCUT2D eigenvalue weighted by molar-refractivity contribution is -0.138. The van der Waals surface area contributed by atoms with Crippen LogP contribution in [0.2, 0.25) is 0 Å². The number of rotatable bonds is 8. The molecule has 1 saturated heterocycles. The highest BCUT2D eigenvalue weighted by Crippen LogP contribution is 2.29. The lowest BCUT2D eigenvalue weighted by Gasteiger charge is -2.34. The predicted octanol–water partition coefficient (Wildman–Crippen LogP) is 1.33. The van der Waals surface area contributed by atoms with Crippen molar-refractivity contribution in [1.82, 2.24) is 9.80 Å². The molecule has 1 aliphatic carbocycles. The Bertz CT molecular complexity index is 629. The highest BCUT2D eigenvalue weighted by molar-refractivity contribution is 5.94. The van der Waals surface area contributed by atoms with Gasteiger partial charge in [-0.25, -0.2) is 0 Å². The average Bonchev–Trinajstić information content (AvgIpc) is 3.44. The first-order valence-corrected chi connectivity index (χ1v) is 9.05. The van der Waals surface area contributed by atoms with Crippen molar-refractivity contribution in [3.05, 3.63) is 29.8 Å². The Balaban J connectivity index is 1.52. The molecule has 1 atom stereocenters. The first kappa shape index (κ1) is 18.7. The van der Waals surface area contributed by atoms with Crippen LogP contribution in [0.25, 0.3) is 0 Å². The van der Waals surface area contributed by atoms with Crippen LogP contribution in [0.4, 0.5) is 0 Å². The number of hydrogen-bond acceptors (Lipinski definition) is 5. The molecular formula is C19H26N2O5. The van der Waals surface area contributed by atoms with Crippen LogP contribution in [0.3, 0.4) is 0 Å². The van der Waals surface area contributed by atoms with Crippen LogP contribution in [0, 0.1) is 5.92 Å². The molecule has 142 valence electrons. The molecule has 1 unspecified atom stereocenters. The van der Waals surface area contributed by atoms with E-state index in [4.69, 9.17) is 14.6 Å². The molecule has 0 bridgehead atoms. The van der Waals surface area contributed by atoms with Crippen LogP contribution in [0.15, 0.2) is 24.3 Å². The predicted molar refractivity (Wildman–Crippen MR) is 95.4 cm³/mol. The van der Waals surface area contributed by atoms with Gasteiger partial charge in [0.05, 0.1) is 25.9 Å². The van der Waals surface area contributed by atoms with Crippen molar-refractivity contribution in [2.45, 2.75) is 18.9 Å². The number of carboxylic acids is 1. The van der Waals surface area contributed by atoms with Crippen molar-refractivity contribution < 1.29 is 24.2 Å². The Morgan fingerprint density at radius 3 is 2.69 bits per heavy atom. The van der Waals surface area contributed by atoms with E-state index in [1.807, 2.05) is 12.1 Å². The number of benzene rings is 1. The first-order valence-electron chi connectivity index (χ1n) is 9.05. The molecule has 0 radical (unpaired) electrons. The number of ether oxygens (including phenoxy) is 2. The average molecular weight is 362 g/mol. The summed E-state index contributed by atoms with van der Waals surface area (Å²) in [4.78, 5) is 26.9. The minimum atomic E-state index is -0.875. The van der Waals surface area contributed by atoms with E-state index in [0.717, 1.165) is 12.4 Å². The maximum Gasteiger partial charge on any atom is 0.317 e. The Kier molecular flexibility index (Phi) is 6.11. The Labute approximate surface area is 153 Å². The van der Waals surface area contributed by atoms with Crippen molar-refractivity contribution in [2.24, 2.45) is 5.92 Å². The summed E-state index contributed by atoms with van der Waals surface area (Å²) in [6.45, 7) is 2.64. The van der Waals surface area contributed by atoms with Crippen LogP contribution < -0.4 is 4.74 Å². The molecule has 3 rings (SSSR count). The second-order valence-electron chi connectivity index (χ2n) is 7.11. The fourth-order valence-electron chi connectivity index (χ4n) is 3.03. The van der Waals surface area contributed by atoms with E-state index >= 15 is 0 Å². The number of aliphatic carboxylic acids is 1. The number of carboxylic acid groups (broad SMARTS) is 1. The zero-order valence-corrected chi connectivity index (χ0v) is 15.1. The van der Waals surface area contributed by atoms with Crippen LogP contribution in [0.1, 0.15) is 23.2 Å². The van der Waals surface area contributed by atoms with Gasteiger partial charge in [-0.1, -0.05) is 0 Å². The fourth-order valence-corrected chi connectivity index (χ4v) is 3.03. The quantitative estimate of drug-likeness (QED) is 0.752. The second-order valence-corrected chi connectivity index (χ2v) is 7.11. The second kappa shape index (κ2) is 8.51. The first-order chi connectivity index (χ1) is 12.5. The lowest BCUT2D eigenvalue weighted by Crippen LogP contribution is -2.49. The summed E-state index contributed by atoms with van der Waals surface area (Å²) in [5.74, 6) is 0.581. The number of likely N-dealkylation sites (N-methyl/N-ethyl adjacent to an activating group) is 1. The van der Waals surface area contributed by atoms with Gasteiger partial charge in [-0.2, -0.15) is 0 Å². The molecule has 7 nitrogen and oxygen atoms in total. The standard InChI is InChI=1S/C19H26N2O5/c1-20(12-18(22)23)10-17-11-21(8-9-25-17)19(24)15-4-6-16(7-5-15)26-13-14-2-3-14/h4-7,14,17H,2-3,8-13H2,1H3,(H,22,23). The zero-order chi connectivity index (χ0) is 18.5. The third-order valence-corrected chi connectivity index (χ3v) is 4.63. The molecule has 26 heavy (non-hydrogen) atoms. The normalized spacial score (nSPS) is 20.2. The van der Waals surface area contributed by atoms with E-state index in [-0.39, 0.29) is 18.6 Å². The number of hydrogen-bond donors (Lipinski definition) is 1. The SMILES string of the molecule is CN(CC(=O)O)CC1CN(C(=O)c2ccc(OCC3CC3)cc2)CCO1. The molecular weight excluding hydrogens is 336 g/mol. The molecule has 1 aromatic rings. The minimum absolute atomic E-state index is 0.0343. The zero-order valence-electron chi connectivity index (χ0n) is 15.1. The smallest absolute Gasteiger partial charge is 0.317 e. The fraction of sp³-hybridized carbons (Fsp3) is 0.579. The maximum absolute atomic E-state index is 12.7. The highest BCUT2D eigenvalue weighted by atomic mass is 16.5. The number of carbonyl (C=O) groups is 2. The summed E-state index contributed by atoms with van der Waals surface area (Å²) in [5, 5.41) is 8.84. The largest absolute Gasteiger partial charge is 0.493 e. The van der Waals surface area contributed by atoms with Crippen molar-refractivity contribution >= 4 is 11.9 Å². The monoisotopic (exact) mass is 362 g/mol. The van der Waals surface area contributed by atoms with Crippen molar-refractivity contribution in [3.8, 4) is 5.75 Å². The van der Waals surface area contributed by atoms with Gasteiger partial charge in [0.15, 0.2) is 0 Å². The van der Waals surface area contributed by atoms with E-state index in [1.165, 1.54) is 12.8 Å². The third kappa shape index (κ3) is 5.44. The van der Waals surface area contributed by atoms with Gasteiger partial charge in [0, 0.05) is 25.2 Å². The molecule has 1 aromatic carbocycles. The third-order valence-electron chi connectivity index (χ3n) is 4.63. The van der Waals surface area contributed by atoms with E-state index < -0.39 is 5.97 Å². The molecule has 7 heteroatoms. The van der Waals surface area contributed by atoms with Gasteiger partial charge in [0.25, 0.3) is 5.91 Å². The van der Waals surface area contributed by atoms with Gasteiger partial charge in [-0.3, -0.25) is 14.5 Å². The molecule has 0 spiro atoms. The van der Waals surface area contributed by atoms with Crippen molar-refractivity contribution in [3.63, 3.8) is 0 Å². The molecule has 2 fully saturated rings. The molecule has 1 N–H and O–H groups in total. The summed E-state index contributed by atoms with van der Waals surface area (Å²) < 4.78 is 11.4. The van der Waals surface area contributed by atoms with Gasteiger partial charge < -0.3 is 19.5 Å². The van der Waals surface area contributed by atoms with Gasteiger partial charge in [0.1, 0.15) is 5.75 Å². The number of nitrogens with zero attached hydrogens (tertiary/aromatic N) is 2. The topological polar surface area (TPSA) is 79.3 Å². The van der Waals surface area contributed by atoms with Gasteiger partial charge in [0.2, 0.25) is 0 Å². The number of carbonyl (C=O) groups excluding carboxylic acids is 1. The summed E-state index contributed by atoms with van der Waals surface area (Å²) in [5.41, 5.74) is 0.628. The van der Waals surface area contributed by atoms with E-state index in [0.29, 0.717) is 37.7 Å². The van der Waals surface area contributed by atoms with E-state index in [1.54, 1.807) is 29.0 Å². The van der Waals surface area contributed by atoms with Crippen molar-refractivity contribution in [1.29, 1.82) is 0 Å². The molecule has 1 saturated carbocycles. The highest BCUT2D eigenvalue weighted by Gasteiger charge is 2.26. The van der Waals surface area contributed by atoms with Crippen molar-refractivity contribution in [2.75, 3.05) is 46.4 Å². The molecule has 1 heterocycles.